The summed E-state index contributed by atoms with van der Waals surface area (Å²) in [6, 6.07) is 7.37. The third-order valence-corrected chi connectivity index (χ3v) is 2.81. The molecule has 0 saturated carbocycles. The summed E-state index contributed by atoms with van der Waals surface area (Å²) in [4.78, 5) is 13.8. The Kier molecular flexibility index (Phi) is 5.16. The van der Waals surface area contributed by atoms with E-state index < -0.39 is 6.04 Å². The smallest absolute Gasteiger partial charge is 0.239 e. The van der Waals surface area contributed by atoms with Gasteiger partial charge in [0.05, 0.1) is 13.2 Å². The molecule has 1 rings (SSSR count). The molecule has 100 valence electrons. The number of ether oxygens (including phenoxy) is 1. The molecule has 18 heavy (non-hydrogen) atoms. The molecule has 0 heterocycles. The lowest BCUT2D eigenvalue weighted by Crippen LogP contribution is -2.45. The molecule has 1 aromatic rings. The highest BCUT2D eigenvalue weighted by molar-refractivity contribution is 5.81. The average Bonchev–Trinajstić information content (AvgIpc) is 2.35. The van der Waals surface area contributed by atoms with E-state index in [-0.39, 0.29) is 11.9 Å². The van der Waals surface area contributed by atoms with E-state index in [1.807, 2.05) is 38.1 Å². The van der Waals surface area contributed by atoms with Crippen molar-refractivity contribution < 1.29 is 9.53 Å². The second-order valence-corrected chi connectivity index (χ2v) is 4.70. The molecule has 0 aliphatic rings. The Morgan fingerprint density at radius 1 is 1.28 bits per heavy atom. The Morgan fingerprint density at radius 2 is 1.83 bits per heavy atom. The van der Waals surface area contributed by atoms with Gasteiger partial charge in [-0.1, -0.05) is 12.1 Å². The van der Waals surface area contributed by atoms with Crippen molar-refractivity contribution in [2.24, 2.45) is 5.73 Å². The van der Waals surface area contributed by atoms with Crippen LogP contribution in [0.3, 0.4) is 0 Å². The van der Waals surface area contributed by atoms with Crippen LogP contribution in [0, 0.1) is 0 Å². The van der Waals surface area contributed by atoms with Crippen molar-refractivity contribution in [1.82, 2.24) is 4.90 Å². The van der Waals surface area contributed by atoms with Crippen LogP contribution in [0.25, 0.3) is 0 Å². The third kappa shape index (κ3) is 3.74. The van der Waals surface area contributed by atoms with Gasteiger partial charge < -0.3 is 15.4 Å². The van der Waals surface area contributed by atoms with Gasteiger partial charge in [0.15, 0.2) is 0 Å². The molecule has 0 spiro atoms. The first-order valence-corrected chi connectivity index (χ1v) is 6.14. The standard InChI is InChI=1S/C14H22N2O2/c1-10(2)16(14(17)11(3)15)9-12-5-7-13(18-4)8-6-12/h5-8,10-11H,9,15H2,1-4H3. The summed E-state index contributed by atoms with van der Waals surface area (Å²) >= 11 is 0. The molecular weight excluding hydrogens is 228 g/mol. The van der Waals surface area contributed by atoms with Gasteiger partial charge in [0.2, 0.25) is 5.91 Å². The van der Waals surface area contributed by atoms with Gasteiger partial charge >= 0.3 is 0 Å². The van der Waals surface area contributed by atoms with Gasteiger partial charge in [-0.15, -0.1) is 0 Å². The first-order valence-electron chi connectivity index (χ1n) is 6.14. The minimum Gasteiger partial charge on any atom is -0.497 e. The van der Waals surface area contributed by atoms with E-state index >= 15 is 0 Å². The van der Waals surface area contributed by atoms with Crippen molar-refractivity contribution >= 4 is 5.91 Å². The molecule has 1 aromatic carbocycles. The number of methoxy groups -OCH3 is 1. The molecule has 0 aliphatic carbocycles. The van der Waals surface area contributed by atoms with E-state index in [2.05, 4.69) is 0 Å². The quantitative estimate of drug-likeness (QED) is 0.866. The first-order chi connectivity index (χ1) is 8.45. The molecule has 4 heteroatoms. The number of carbonyl (C=O) groups is 1. The lowest BCUT2D eigenvalue weighted by molar-refractivity contribution is -0.134. The van der Waals surface area contributed by atoms with Crippen molar-refractivity contribution in [3.05, 3.63) is 29.8 Å². The summed E-state index contributed by atoms with van der Waals surface area (Å²) in [5.74, 6) is 0.786. The topological polar surface area (TPSA) is 55.6 Å². The van der Waals surface area contributed by atoms with Gasteiger partial charge in [-0.05, 0) is 38.5 Å². The van der Waals surface area contributed by atoms with Crippen LogP contribution in [0.2, 0.25) is 0 Å². The number of amides is 1. The second-order valence-electron chi connectivity index (χ2n) is 4.70. The van der Waals surface area contributed by atoms with Crippen LogP contribution in [0.15, 0.2) is 24.3 Å². The van der Waals surface area contributed by atoms with Crippen LogP contribution in [-0.2, 0) is 11.3 Å². The van der Waals surface area contributed by atoms with Crippen molar-refractivity contribution in [3.63, 3.8) is 0 Å². The van der Waals surface area contributed by atoms with Crippen LogP contribution >= 0.6 is 0 Å². The summed E-state index contributed by atoms with van der Waals surface area (Å²) in [5, 5.41) is 0. The van der Waals surface area contributed by atoms with Crippen molar-refractivity contribution in [2.75, 3.05) is 7.11 Å². The molecule has 0 bridgehead atoms. The molecule has 1 atom stereocenters. The minimum atomic E-state index is -0.467. The number of nitrogens with two attached hydrogens (primary N) is 1. The zero-order valence-corrected chi connectivity index (χ0v) is 11.5. The van der Waals surface area contributed by atoms with Crippen molar-refractivity contribution in [3.8, 4) is 5.75 Å². The Balaban J connectivity index is 2.80. The number of hydrogen-bond donors (Lipinski definition) is 1. The number of rotatable bonds is 5. The van der Waals surface area contributed by atoms with E-state index in [4.69, 9.17) is 10.5 Å². The Hall–Kier alpha value is -1.55. The monoisotopic (exact) mass is 250 g/mol. The number of nitrogens with zero attached hydrogens (tertiary/aromatic N) is 1. The normalized spacial score (nSPS) is 12.3. The Labute approximate surface area is 109 Å². The van der Waals surface area contributed by atoms with Crippen LogP contribution in [0.5, 0.6) is 5.75 Å². The van der Waals surface area contributed by atoms with Crippen LogP contribution in [0.4, 0.5) is 0 Å². The van der Waals surface area contributed by atoms with E-state index in [0.29, 0.717) is 6.54 Å². The maximum Gasteiger partial charge on any atom is 0.239 e. The number of hydrogen-bond acceptors (Lipinski definition) is 3. The number of carbonyl (C=O) groups excluding carboxylic acids is 1. The molecule has 2 N–H and O–H groups in total. The van der Waals surface area contributed by atoms with Gasteiger partial charge in [0, 0.05) is 12.6 Å². The average molecular weight is 250 g/mol. The molecule has 0 saturated heterocycles. The summed E-state index contributed by atoms with van der Waals surface area (Å²) in [5.41, 5.74) is 6.73. The fourth-order valence-electron chi connectivity index (χ4n) is 1.70. The van der Waals surface area contributed by atoms with Gasteiger partial charge in [0.1, 0.15) is 5.75 Å². The Bertz CT molecular complexity index is 385. The summed E-state index contributed by atoms with van der Waals surface area (Å²) in [7, 11) is 1.63. The molecule has 0 radical (unpaired) electrons. The minimum absolute atomic E-state index is 0.0270. The van der Waals surface area contributed by atoms with Gasteiger partial charge in [-0.2, -0.15) is 0 Å². The molecule has 0 aromatic heterocycles. The molecular formula is C14H22N2O2. The number of benzene rings is 1. The maximum atomic E-state index is 12.0. The van der Waals surface area contributed by atoms with Gasteiger partial charge in [0.25, 0.3) is 0 Å². The summed E-state index contributed by atoms with van der Waals surface area (Å²) in [6.07, 6.45) is 0. The molecule has 1 unspecified atom stereocenters. The predicted molar refractivity (Wildman–Crippen MR) is 72.3 cm³/mol. The molecule has 0 fully saturated rings. The van der Waals surface area contributed by atoms with E-state index in [1.54, 1.807) is 18.9 Å². The molecule has 4 nitrogen and oxygen atoms in total. The highest BCUT2D eigenvalue weighted by Gasteiger charge is 2.20. The van der Waals surface area contributed by atoms with E-state index in [9.17, 15) is 4.79 Å². The highest BCUT2D eigenvalue weighted by Crippen LogP contribution is 2.14. The van der Waals surface area contributed by atoms with E-state index in [1.165, 1.54) is 0 Å². The lowest BCUT2D eigenvalue weighted by atomic mass is 10.1. The van der Waals surface area contributed by atoms with Gasteiger partial charge in [-0.3, -0.25) is 4.79 Å². The zero-order chi connectivity index (χ0) is 13.7. The van der Waals surface area contributed by atoms with Crippen LogP contribution in [-0.4, -0.2) is 30.0 Å². The SMILES string of the molecule is COc1ccc(CN(C(=O)C(C)N)C(C)C)cc1. The predicted octanol–water partition coefficient (Wildman–Crippen LogP) is 1.78. The van der Waals surface area contributed by atoms with Gasteiger partial charge in [-0.25, -0.2) is 0 Å². The van der Waals surface area contributed by atoms with E-state index in [0.717, 1.165) is 11.3 Å². The highest BCUT2D eigenvalue weighted by atomic mass is 16.5. The fraction of sp³-hybridized carbons (Fsp3) is 0.500. The lowest BCUT2D eigenvalue weighted by Gasteiger charge is -2.28. The largest absolute Gasteiger partial charge is 0.497 e. The summed E-state index contributed by atoms with van der Waals surface area (Å²) < 4.78 is 5.11. The van der Waals surface area contributed by atoms with Crippen molar-refractivity contribution in [2.45, 2.75) is 39.4 Å². The zero-order valence-electron chi connectivity index (χ0n) is 11.5. The molecule has 0 aliphatic heterocycles. The molecule has 1 amide bonds. The van der Waals surface area contributed by atoms with Crippen molar-refractivity contribution in [1.29, 1.82) is 0 Å². The third-order valence-electron chi connectivity index (χ3n) is 2.81. The second kappa shape index (κ2) is 6.40. The fourth-order valence-corrected chi connectivity index (χ4v) is 1.70. The summed E-state index contributed by atoms with van der Waals surface area (Å²) in [6.45, 7) is 6.27. The van der Waals surface area contributed by atoms with Crippen LogP contribution in [0.1, 0.15) is 26.3 Å². The Morgan fingerprint density at radius 3 is 2.22 bits per heavy atom. The first kappa shape index (κ1) is 14.5. The maximum absolute atomic E-state index is 12.0. The van der Waals surface area contributed by atoms with Crippen LogP contribution < -0.4 is 10.5 Å².